The van der Waals surface area contributed by atoms with Gasteiger partial charge in [0, 0.05) is 12.6 Å². The maximum absolute atomic E-state index is 12.2. The summed E-state index contributed by atoms with van der Waals surface area (Å²) in [4.78, 5) is 0. The van der Waals surface area contributed by atoms with Crippen molar-refractivity contribution < 1.29 is 32.1 Å². The lowest BCUT2D eigenvalue weighted by Crippen LogP contribution is -2.19. The van der Waals surface area contributed by atoms with Crippen LogP contribution in [-0.2, 0) is 6.54 Å². The highest BCUT2D eigenvalue weighted by Gasteiger charge is 2.31. The monoisotopic (exact) mass is 385 g/mol. The number of ether oxygens (including phenoxy) is 4. The van der Waals surface area contributed by atoms with Gasteiger partial charge in [0.05, 0.1) is 21.3 Å². The van der Waals surface area contributed by atoms with Gasteiger partial charge in [-0.2, -0.15) is 0 Å². The van der Waals surface area contributed by atoms with Crippen molar-refractivity contribution in [1.29, 1.82) is 0 Å². The van der Waals surface area contributed by atoms with Crippen molar-refractivity contribution in [2.24, 2.45) is 0 Å². The van der Waals surface area contributed by atoms with Crippen molar-refractivity contribution in [3.05, 3.63) is 47.5 Å². The number of hydrogen-bond acceptors (Lipinski definition) is 5. The fraction of sp³-hybridized carbons (Fsp3) is 0.368. The lowest BCUT2D eigenvalue weighted by molar-refractivity contribution is -0.274. The van der Waals surface area contributed by atoms with E-state index in [1.54, 1.807) is 26.4 Å². The average molecular weight is 385 g/mol. The summed E-state index contributed by atoms with van der Waals surface area (Å²) in [6, 6.07) is 9.34. The van der Waals surface area contributed by atoms with Crippen LogP contribution in [0.25, 0.3) is 0 Å². The predicted molar refractivity (Wildman–Crippen MR) is 94.5 cm³/mol. The fourth-order valence-electron chi connectivity index (χ4n) is 2.58. The molecule has 2 aromatic rings. The van der Waals surface area contributed by atoms with Crippen LogP contribution in [0.15, 0.2) is 36.4 Å². The van der Waals surface area contributed by atoms with E-state index >= 15 is 0 Å². The number of benzene rings is 2. The largest absolute Gasteiger partial charge is 0.573 e. The highest BCUT2D eigenvalue weighted by molar-refractivity contribution is 5.53. The van der Waals surface area contributed by atoms with Crippen LogP contribution < -0.4 is 24.3 Å². The Labute approximate surface area is 156 Å². The van der Waals surface area contributed by atoms with E-state index in [2.05, 4.69) is 10.1 Å². The Bertz CT molecular complexity index is 723. The number of hydrogen-bond donors (Lipinski definition) is 1. The molecule has 0 spiro atoms. The molecule has 1 unspecified atom stereocenters. The lowest BCUT2D eigenvalue weighted by Gasteiger charge is -2.17. The molecule has 0 saturated heterocycles. The van der Waals surface area contributed by atoms with Gasteiger partial charge >= 0.3 is 6.36 Å². The van der Waals surface area contributed by atoms with E-state index < -0.39 is 6.36 Å². The molecule has 0 radical (unpaired) electrons. The molecule has 148 valence electrons. The SMILES string of the molecule is COc1cc(CNC(C)c2ccc(OC(F)(F)F)cc2)cc(OC)c1OC. The van der Waals surface area contributed by atoms with Crippen molar-refractivity contribution in [3.8, 4) is 23.0 Å². The molecule has 0 fully saturated rings. The van der Waals surface area contributed by atoms with Crippen molar-refractivity contribution in [2.75, 3.05) is 21.3 Å². The zero-order valence-corrected chi connectivity index (χ0v) is 15.5. The predicted octanol–water partition coefficient (Wildman–Crippen LogP) is 4.46. The number of rotatable bonds is 8. The van der Waals surface area contributed by atoms with Crippen LogP contribution in [0.5, 0.6) is 23.0 Å². The van der Waals surface area contributed by atoms with Crippen LogP contribution in [0.4, 0.5) is 13.2 Å². The van der Waals surface area contributed by atoms with Crippen LogP contribution in [0, 0.1) is 0 Å². The Hall–Kier alpha value is -2.61. The van der Waals surface area contributed by atoms with Crippen LogP contribution in [0.2, 0.25) is 0 Å². The van der Waals surface area contributed by atoms with Gasteiger partial charge in [-0.1, -0.05) is 12.1 Å². The second-order valence-corrected chi connectivity index (χ2v) is 5.75. The second kappa shape index (κ2) is 8.85. The average Bonchev–Trinajstić information content (AvgIpc) is 2.64. The van der Waals surface area contributed by atoms with Gasteiger partial charge in [0.2, 0.25) is 5.75 Å². The van der Waals surface area contributed by atoms with E-state index in [1.807, 2.05) is 19.1 Å². The third-order valence-corrected chi connectivity index (χ3v) is 3.95. The summed E-state index contributed by atoms with van der Waals surface area (Å²) in [5.74, 6) is 1.37. The molecule has 27 heavy (non-hydrogen) atoms. The van der Waals surface area contributed by atoms with E-state index in [0.29, 0.717) is 23.8 Å². The zero-order valence-electron chi connectivity index (χ0n) is 15.5. The maximum atomic E-state index is 12.2. The first-order chi connectivity index (χ1) is 12.8. The molecule has 0 bridgehead atoms. The first kappa shape index (κ1) is 20.7. The van der Waals surface area contributed by atoms with Crippen molar-refractivity contribution in [1.82, 2.24) is 5.32 Å². The summed E-state index contributed by atoms with van der Waals surface area (Å²) in [7, 11) is 4.62. The number of alkyl halides is 3. The van der Waals surface area contributed by atoms with Gasteiger partial charge in [-0.3, -0.25) is 0 Å². The normalized spacial score (nSPS) is 12.4. The van der Waals surface area contributed by atoms with Crippen LogP contribution >= 0.6 is 0 Å². The molecule has 5 nitrogen and oxygen atoms in total. The van der Waals surface area contributed by atoms with Crippen molar-refractivity contribution in [3.63, 3.8) is 0 Å². The smallest absolute Gasteiger partial charge is 0.493 e. The minimum Gasteiger partial charge on any atom is -0.493 e. The molecule has 0 aliphatic carbocycles. The lowest BCUT2D eigenvalue weighted by atomic mass is 10.1. The molecule has 1 N–H and O–H groups in total. The van der Waals surface area contributed by atoms with E-state index in [0.717, 1.165) is 11.1 Å². The third-order valence-electron chi connectivity index (χ3n) is 3.95. The summed E-state index contributed by atoms with van der Waals surface area (Å²) in [6.45, 7) is 2.41. The molecule has 2 rings (SSSR count). The molecular formula is C19H22F3NO4. The Morgan fingerprint density at radius 2 is 1.48 bits per heavy atom. The minimum absolute atomic E-state index is 0.0935. The summed E-state index contributed by atoms with van der Waals surface area (Å²) in [5.41, 5.74) is 1.74. The Morgan fingerprint density at radius 1 is 0.926 bits per heavy atom. The van der Waals surface area contributed by atoms with Gasteiger partial charge in [-0.15, -0.1) is 13.2 Å². The topological polar surface area (TPSA) is 49.0 Å². The first-order valence-corrected chi connectivity index (χ1v) is 8.15. The highest BCUT2D eigenvalue weighted by Crippen LogP contribution is 2.38. The standard InChI is InChI=1S/C19H22F3NO4/c1-12(14-5-7-15(8-6-14)27-19(20,21)22)23-11-13-9-16(24-2)18(26-4)17(10-13)25-3/h5-10,12,23H,11H2,1-4H3. The Kier molecular flexibility index (Phi) is 6.79. The molecule has 0 saturated carbocycles. The van der Waals surface area contributed by atoms with E-state index in [1.165, 1.54) is 19.2 Å². The number of halogens is 3. The van der Waals surface area contributed by atoms with Crippen LogP contribution in [0.1, 0.15) is 24.1 Å². The molecule has 0 heterocycles. The molecular weight excluding hydrogens is 363 g/mol. The van der Waals surface area contributed by atoms with E-state index in [9.17, 15) is 13.2 Å². The van der Waals surface area contributed by atoms with Gasteiger partial charge in [-0.05, 0) is 42.3 Å². The van der Waals surface area contributed by atoms with Crippen LogP contribution in [0.3, 0.4) is 0 Å². The number of methoxy groups -OCH3 is 3. The van der Waals surface area contributed by atoms with Crippen LogP contribution in [-0.4, -0.2) is 27.7 Å². The number of nitrogens with one attached hydrogen (secondary N) is 1. The van der Waals surface area contributed by atoms with Gasteiger partial charge < -0.3 is 24.3 Å². The molecule has 0 aliphatic rings. The molecule has 0 aromatic heterocycles. The van der Waals surface area contributed by atoms with E-state index in [4.69, 9.17) is 14.2 Å². The summed E-state index contributed by atoms with van der Waals surface area (Å²) >= 11 is 0. The van der Waals surface area contributed by atoms with Gasteiger partial charge in [0.1, 0.15) is 5.75 Å². The molecule has 1 atom stereocenters. The molecule has 0 amide bonds. The second-order valence-electron chi connectivity index (χ2n) is 5.75. The Balaban J connectivity index is 2.05. The van der Waals surface area contributed by atoms with Gasteiger partial charge in [0.15, 0.2) is 11.5 Å². The third kappa shape index (κ3) is 5.68. The van der Waals surface area contributed by atoms with Gasteiger partial charge in [-0.25, -0.2) is 0 Å². The molecule has 0 aliphatic heterocycles. The minimum atomic E-state index is -4.70. The summed E-state index contributed by atoms with van der Waals surface area (Å²) < 4.78 is 56.5. The highest BCUT2D eigenvalue weighted by atomic mass is 19.4. The molecule has 2 aromatic carbocycles. The first-order valence-electron chi connectivity index (χ1n) is 8.15. The van der Waals surface area contributed by atoms with Gasteiger partial charge in [0.25, 0.3) is 0 Å². The fourth-order valence-corrected chi connectivity index (χ4v) is 2.58. The summed E-state index contributed by atoms with van der Waals surface area (Å²) in [6.07, 6.45) is -4.70. The zero-order chi connectivity index (χ0) is 20.0. The quantitative estimate of drug-likeness (QED) is 0.727. The Morgan fingerprint density at radius 3 is 1.93 bits per heavy atom. The van der Waals surface area contributed by atoms with Crippen molar-refractivity contribution >= 4 is 0 Å². The van der Waals surface area contributed by atoms with Crippen molar-refractivity contribution in [2.45, 2.75) is 25.9 Å². The van der Waals surface area contributed by atoms with E-state index in [-0.39, 0.29) is 11.8 Å². The molecule has 8 heteroatoms. The summed E-state index contributed by atoms with van der Waals surface area (Å²) in [5, 5.41) is 3.31. The maximum Gasteiger partial charge on any atom is 0.573 e.